The molecule has 0 unspecified atom stereocenters. The number of nitrogens with zero attached hydrogens (tertiary/aromatic N) is 4. The fraction of sp³-hybridized carbons (Fsp3) is 0.346. The normalized spacial score (nSPS) is 13.9. The van der Waals surface area contributed by atoms with Gasteiger partial charge in [0.25, 0.3) is 5.56 Å². The highest BCUT2D eigenvalue weighted by Crippen LogP contribution is 2.18. The van der Waals surface area contributed by atoms with Crippen LogP contribution in [0.4, 0.5) is 5.82 Å². The predicted molar refractivity (Wildman–Crippen MR) is 129 cm³/mol. The van der Waals surface area contributed by atoms with Crippen molar-refractivity contribution in [3.05, 3.63) is 82.1 Å². The van der Waals surface area contributed by atoms with Gasteiger partial charge in [-0.05, 0) is 47.4 Å². The van der Waals surface area contributed by atoms with E-state index in [4.69, 9.17) is 4.74 Å². The molecule has 0 atom stereocenters. The number of hydrogen-bond acceptors (Lipinski definition) is 5. The number of anilines is 1. The van der Waals surface area contributed by atoms with Crippen molar-refractivity contribution in [3.8, 4) is 11.4 Å². The molecule has 1 saturated heterocycles. The topological polar surface area (TPSA) is 67.7 Å². The van der Waals surface area contributed by atoms with E-state index in [-0.39, 0.29) is 11.5 Å². The van der Waals surface area contributed by atoms with Crippen LogP contribution in [0, 0.1) is 0 Å². The molecule has 0 N–H and O–H groups in total. The summed E-state index contributed by atoms with van der Waals surface area (Å²) in [7, 11) is 1.63. The third-order valence-corrected chi connectivity index (χ3v) is 6.06. The quantitative estimate of drug-likeness (QED) is 0.582. The molecule has 3 aromatic rings. The third-order valence-electron chi connectivity index (χ3n) is 6.06. The molecule has 172 valence electrons. The minimum absolute atomic E-state index is 0.114. The first-order valence-corrected chi connectivity index (χ1v) is 11.3. The number of methoxy groups -OCH3 is 1. The Kier molecular flexibility index (Phi) is 6.77. The lowest BCUT2D eigenvalue weighted by molar-refractivity contribution is -0.130. The first-order chi connectivity index (χ1) is 15.9. The number of amides is 1. The Morgan fingerprint density at radius 3 is 2.21 bits per heavy atom. The summed E-state index contributed by atoms with van der Waals surface area (Å²) in [5, 5.41) is 4.61. The Morgan fingerprint density at radius 1 is 0.939 bits per heavy atom. The lowest BCUT2D eigenvalue weighted by Gasteiger charge is -2.35. The Bertz CT molecular complexity index is 1150. The van der Waals surface area contributed by atoms with Gasteiger partial charge in [0.1, 0.15) is 11.6 Å². The van der Waals surface area contributed by atoms with Crippen LogP contribution in [0.15, 0.2) is 65.5 Å². The second-order valence-electron chi connectivity index (χ2n) is 8.58. The third kappa shape index (κ3) is 5.25. The molecule has 0 radical (unpaired) electrons. The molecule has 4 rings (SSSR count). The van der Waals surface area contributed by atoms with Gasteiger partial charge in [0.05, 0.1) is 19.2 Å². The maximum Gasteiger partial charge on any atom is 0.271 e. The van der Waals surface area contributed by atoms with E-state index in [1.54, 1.807) is 19.2 Å². The standard InChI is InChI=1S/C26H30N4O3/c1-19(2)21-6-8-22(9-7-21)30-25(31)13-12-24(27-30)28-14-16-29(17-15-28)26(32)18-20-4-10-23(33-3)11-5-20/h4-13,19H,14-18H2,1-3H3. The van der Waals surface area contributed by atoms with Crippen LogP contribution in [-0.4, -0.2) is 53.9 Å². The highest BCUT2D eigenvalue weighted by Gasteiger charge is 2.22. The molecule has 1 aliphatic heterocycles. The van der Waals surface area contributed by atoms with Gasteiger partial charge in [0, 0.05) is 32.2 Å². The van der Waals surface area contributed by atoms with Gasteiger partial charge in [-0.2, -0.15) is 4.68 Å². The first-order valence-electron chi connectivity index (χ1n) is 11.3. The summed E-state index contributed by atoms with van der Waals surface area (Å²) in [6.07, 6.45) is 0.374. The molecule has 1 amide bonds. The minimum Gasteiger partial charge on any atom is -0.497 e. The molecule has 7 nitrogen and oxygen atoms in total. The number of aromatic nitrogens is 2. The Hall–Kier alpha value is -3.61. The Morgan fingerprint density at radius 2 is 1.61 bits per heavy atom. The summed E-state index contributed by atoms with van der Waals surface area (Å²) < 4.78 is 6.62. The predicted octanol–water partition coefficient (Wildman–Crippen LogP) is 3.26. The van der Waals surface area contributed by atoms with Gasteiger partial charge in [0.15, 0.2) is 0 Å². The van der Waals surface area contributed by atoms with Crippen molar-refractivity contribution in [3.63, 3.8) is 0 Å². The molecule has 1 fully saturated rings. The van der Waals surface area contributed by atoms with E-state index >= 15 is 0 Å². The van der Waals surface area contributed by atoms with E-state index in [9.17, 15) is 9.59 Å². The zero-order valence-corrected chi connectivity index (χ0v) is 19.4. The molecule has 0 bridgehead atoms. The zero-order valence-electron chi connectivity index (χ0n) is 19.4. The van der Waals surface area contributed by atoms with Crippen molar-refractivity contribution in [2.75, 3.05) is 38.2 Å². The van der Waals surface area contributed by atoms with Crippen molar-refractivity contribution in [2.45, 2.75) is 26.2 Å². The van der Waals surface area contributed by atoms with Crippen LogP contribution in [0.2, 0.25) is 0 Å². The number of ether oxygens (including phenoxy) is 1. The number of hydrogen-bond donors (Lipinski definition) is 0. The monoisotopic (exact) mass is 446 g/mol. The van der Waals surface area contributed by atoms with Gasteiger partial charge in [-0.1, -0.05) is 38.1 Å². The average molecular weight is 447 g/mol. The fourth-order valence-electron chi connectivity index (χ4n) is 3.97. The highest BCUT2D eigenvalue weighted by atomic mass is 16.5. The molecular weight excluding hydrogens is 416 g/mol. The van der Waals surface area contributed by atoms with Gasteiger partial charge in [-0.3, -0.25) is 9.59 Å². The van der Waals surface area contributed by atoms with E-state index in [1.807, 2.05) is 53.4 Å². The highest BCUT2D eigenvalue weighted by molar-refractivity contribution is 5.79. The maximum atomic E-state index is 12.7. The average Bonchev–Trinajstić information content (AvgIpc) is 2.85. The Balaban J connectivity index is 1.40. The summed E-state index contributed by atoms with van der Waals surface area (Å²) in [6.45, 7) is 6.87. The number of rotatable bonds is 6. The second kappa shape index (κ2) is 9.90. The molecule has 7 heteroatoms. The molecule has 0 spiro atoms. The summed E-state index contributed by atoms with van der Waals surface area (Å²) in [5.41, 5.74) is 2.78. The van der Waals surface area contributed by atoms with Crippen molar-refractivity contribution in [2.24, 2.45) is 0 Å². The van der Waals surface area contributed by atoms with E-state index in [2.05, 4.69) is 23.8 Å². The molecule has 2 aromatic carbocycles. The summed E-state index contributed by atoms with van der Waals surface area (Å²) in [4.78, 5) is 29.2. The van der Waals surface area contributed by atoms with Gasteiger partial charge >= 0.3 is 0 Å². The number of carbonyl (C=O) groups excluding carboxylic acids is 1. The van der Waals surface area contributed by atoms with Gasteiger partial charge in [-0.15, -0.1) is 5.10 Å². The van der Waals surface area contributed by atoms with E-state index < -0.39 is 0 Å². The summed E-state index contributed by atoms with van der Waals surface area (Å²) in [5.74, 6) is 2.07. The lowest BCUT2D eigenvalue weighted by atomic mass is 10.0. The van der Waals surface area contributed by atoms with Crippen LogP contribution in [0.3, 0.4) is 0 Å². The fourth-order valence-corrected chi connectivity index (χ4v) is 3.97. The van der Waals surface area contributed by atoms with Gasteiger partial charge in [-0.25, -0.2) is 0 Å². The molecule has 1 aliphatic rings. The van der Waals surface area contributed by atoms with Crippen LogP contribution >= 0.6 is 0 Å². The van der Waals surface area contributed by atoms with E-state index in [0.717, 1.165) is 22.8 Å². The maximum absolute atomic E-state index is 12.7. The van der Waals surface area contributed by atoms with Crippen LogP contribution in [0.5, 0.6) is 5.75 Å². The minimum atomic E-state index is -0.163. The molecule has 0 saturated carbocycles. The number of piperazine rings is 1. The second-order valence-corrected chi connectivity index (χ2v) is 8.58. The van der Waals surface area contributed by atoms with Crippen molar-refractivity contribution in [1.29, 1.82) is 0 Å². The van der Waals surface area contributed by atoms with Gasteiger partial charge < -0.3 is 14.5 Å². The van der Waals surface area contributed by atoms with Crippen molar-refractivity contribution < 1.29 is 9.53 Å². The first kappa shape index (κ1) is 22.6. The van der Waals surface area contributed by atoms with E-state index in [0.29, 0.717) is 38.5 Å². The lowest BCUT2D eigenvalue weighted by Crippen LogP contribution is -2.49. The molecule has 2 heterocycles. The Labute approximate surface area is 194 Å². The molecular formula is C26H30N4O3. The SMILES string of the molecule is COc1ccc(CC(=O)N2CCN(c3ccc(=O)n(-c4ccc(C(C)C)cc4)n3)CC2)cc1. The van der Waals surface area contributed by atoms with Crippen molar-refractivity contribution >= 4 is 11.7 Å². The number of benzene rings is 2. The van der Waals surface area contributed by atoms with Crippen LogP contribution in [0.25, 0.3) is 5.69 Å². The summed E-state index contributed by atoms with van der Waals surface area (Å²) >= 11 is 0. The van der Waals surface area contributed by atoms with E-state index in [1.165, 1.54) is 10.2 Å². The van der Waals surface area contributed by atoms with Crippen molar-refractivity contribution in [1.82, 2.24) is 14.7 Å². The van der Waals surface area contributed by atoms with Crippen LogP contribution in [0.1, 0.15) is 30.9 Å². The summed E-state index contributed by atoms with van der Waals surface area (Å²) in [6, 6.07) is 18.8. The largest absolute Gasteiger partial charge is 0.497 e. The van der Waals surface area contributed by atoms with Gasteiger partial charge in [0.2, 0.25) is 5.91 Å². The van der Waals surface area contributed by atoms with Crippen LogP contribution < -0.4 is 15.2 Å². The molecule has 0 aliphatic carbocycles. The number of carbonyl (C=O) groups is 1. The molecule has 33 heavy (non-hydrogen) atoms. The smallest absolute Gasteiger partial charge is 0.271 e. The zero-order chi connectivity index (χ0) is 23.4. The van der Waals surface area contributed by atoms with Crippen LogP contribution in [-0.2, 0) is 11.2 Å². The molecule has 1 aromatic heterocycles.